The molecule has 27 heavy (non-hydrogen) atoms. The molecule has 3 rings (SSSR count). The zero-order valence-electron chi connectivity index (χ0n) is 15.5. The number of amides is 1. The molecule has 4 nitrogen and oxygen atoms in total. The number of rotatable bonds is 5. The predicted octanol–water partition coefficient (Wildman–Crippen LogP) is 5.34. The van der Waals surface area contributed by atoms with Crippen molar-refractivity contribution in [1.82, 2.24) is 4.98 Å². The van der Waals surface area contributed by atoms with E-state index in [1.54, 1.807) is 11.0 Å². The summed E-state index contributed by atoms with van der Waals surface area (Å²) in [7, 11) is 0. The van der Waals surface area contributed by atoms with E-state index in [4.69, 9.17) is 0 Å². The van der Waals surface area contributed by atoms with Crippen LogP contribution >= 0.6 is 11.3 Å². The van der Waals surface area contributed by atoms with Gasteiger partial charge in [-0.15, -0.1) is 11.3 Å². The molecule has 1 heterocycles. The van der Waals surface area contributed by atoms with Gasteiger partial charge in [0.25, 0.3) is 0 Å². The molecule has 0 aliphatic carbocycles. The highest BCUT2D eigenvalue weighted by Gasteiger charge is 2.17. The first-order valence-corrected chi connectivity index (χ1v) is 9.44. The van der Waals surface area contributed by atoms with Crippen LogP contribution in [0.25, 0.3) is 6.08 Å². The Labute approximate surface area is 162 Å². The van der Waals surface area contributed by atoms with Crippen LogP contribution in [0.4, 0.5) is 10.8 Å². The van der Waals surface area contributed by atoms with Gasteiger partial charge in [0.05, 0.1) is 11.4 Å². The van der Waals surface area contributed by atoms with Crippen molar-refractivity contribution in [3.63, 3.8) is 0 Å². The van der Waals surface area contributed by atoms with Crippen LogP contribution in [0.3, 0.4) is 0 Å². The van der Waals surface area contributed by atoms with Crippen LogP contribution in [0.2, 0.25) is 0 Å². The van der Waals surface area contributed by atoms with E-state index in [0.29, 0.717) is 16.4 Å². The van der Waals surface area contributed by atoms with Crippen molar-refractivity contribution in [2.75, 3.05) is 4.90 Å². The molecular formula is C22H20N2O2S. The van der Waals surface area contributed by atoms with Gasteiger partial charge in [0, 0.05) is 17.9 Å². The van der Waals surface area contributed by atoms with Crippen molar-refractivity contribution in [2.45, 2.75) is 20.8 Å². The van der Waals surface area contributed by atoms with Crippen LogP contribution in [0.15, 0.2) is 60.0 Å². The van der Waals surface area contributed by atoms with Gasteiger partial charge in [-0.3, -0.25) is 14.5 Å². The van der Waals surface area contributed by atoms with E-state index in [1.807, 2.05) is 67.8 Å². The van der Waals surface area contributed by atoms with Crippen LogP contribution < -0.4 is 4.90 Å². The zero-order valence-corrected chi connectivity index (χ0v) is 16.3. The Morgan fingerprint density at radius 2 is 1.78 bits per heavy atom. The van der Waals surface area contributed by atoms with Crippen LogP contribution in [0.1, 0.15) is 34.1 Å². The van der Waals surface area contributed by atoms with Crippen molar-refractivity contribution in [3.8, 4) is 0 Å². The lowest BCUT2D eigenvalue weighted by Crippen LogP contribution is -2.22. The summed E-state index contributed by atoms with van der Waals surface area (Å²) in [4.78, 5) is 30.5. The van der Waals surface area contributed by atoms with Crippen LogP contribution in [0.5, 0.6) is 0 Å². The van der Waals surface area contributed by atoms with Gasteiger partial charge in [0.1, 0.15) is 0 Å². The monoisotopic (exact) mass is 376 g/mol. The summed E-state index contributed by atoms with van der Waals surface area (Å²) in [5, 5.41) is 2.41. The summed E-state index contributed by atoms with van der Waals surface area (Å²) in [6.45, 7) is 5.51. The minimum atomic E-state index is -0.114. The van der Waals surface area contributed by atoms with E-state index in [2.05, 4.69) is 4.98 Å². The van der Waals surface area contributed by atoms with Crippen LogP contribution in [-0.2, 0) is 4.79 Å². The fourth-order valence-electron chi connectivity index (χ4n) is 2.61. The number of benzene rings is 2. The SMILES string of the molecule is CC(=O)N(c1ccccc1)c1nc(/C=C/C(=O)c2ccc(C)c(C)c2)cs1. The summed E-state index contributed by atoms with van der Waals surface area (Å²) < 4.78 is 0. The van der Waals surface area contributed by atoms with Crippen molar-refractivity contribution >= 4 is 39.9 Å². The molecular weight excluding hydrogens is 356 g/mol. The molecule has 0 aliphatic heterocycles. The topological polar surface area (TPSA) is 50.3 Å². The highest BCUT2D eigenvalue weighted by atomic mass is 32.1. The number of allylic oxidation sites excluding steroid dienone is 1. The van der Waals surface area contributed by atoms with E-state index in [-0.39, 0.29) is 11.7 Å². The van der Waals surface area contributed by atoms with E-state index in [9.17, 15) is 9.59 Å². The molecule has 5 heteroatoms. The van der Waals surface area contributed by atoms with Gasteiger partial charge < -0.3 is 0 Å². The molecule has 0 radical (unpaired) electrons. The number of thiazole rings is 1. The second-order valence-electron chi connectivity index (χ2n) is 6.24. The fourth-order valence-corrected chi connectivity index (χ4v) is 3.47. The number of aromatic nitrogens is 1. The number of para-hydroxylation sites is 1. The number of hydrogen-bond donors (Lipinski definition) is 0. The summed E-state index contributed by atoms with van der Waals surface area (Å²) in [6.07, 6.45) is 3.20. The van der Waals surface area contributed by atoms with E-state index < -0.39 is 0 Å². The first-order valence-electron chi connectivity index (χ1n) is 8.56. The van der Waals surface area contributed by atoms with Gasteiger partial charge >= 0.3 is 0 Å². The maximum Gasteiger partial charge on any atom is 0.230 e. The standard InChI is InChI=1S/C22H20N2O2S/c1-15-9-10-18(13-16(15)2)21(26)12-11-19-14-27-22(23-19)24(17(3)25)20-7-5-4-6-8-20/h4-14H,1-3H3/b12-11+. The summed E-state index contributed by atoms with van der Waals surface area (Å²) in [5.74, 6) is -0.184. The largest absolute Gasteiger partial charge is 0.289 e. The van der Waals surface area contributed by atoms with E-state index in [1.165, 1.54) is 24.3 Å². The van der Waals surface area contributed by atoms with Gasteiger partial charge in [-0.2, -0.15) is 0 Å². The van der Waals surface area contributed by atoms with E-state index in [0.717, 1.165) is 16.8 Å². The molecule has 3 aromatic rings. The Kier molecular flexibility index (Phi) is 5.62. The molecule has 0 N–H and O–H groups in total. The number of ketones is 1. The highest BCUT2D eigenvalue weighted by Crippen LogP contribution is 2.29. The number of aryl methyl sites for hydroxylation is 2. The minimum Gasteiger partial charge on any atom is -0.289 e. The molecule has 0 unspecified atom stereocenters. The van der Waals surface area contributed by atoms with Gasteiger partial charge in [0.2, 0.25) is 5.91 Å². The average molecular weight is 376 g/mol. The number of anilines is 2. The van der Waals surface area contributed by atoms with Gasteiger partial charge in [0.15, 0.2) is 10.9 Å². The quantitative estimate of drug-likeness (QED) is 0.446. The van der Waals surface area contributed by atoms with Crippen LogP contribution in [-0.4, -0.2) is 16.7 Å². The minimum absolute atomic E-state index is 0.0702. The van der Waals surface area contributed by atoms with Crippen molar-refractivity contribution in [2.24, 2.45) is 0 Å². The maximum absolute atomic E-state index is 12.4. The molecule has 136 valence electrons. The molecule has 0 fully saturated rings. The third-order valence-electron chi connectivity index (χ3n) is 4.23. The fraction of sp³-hybridized carbons (Fsp3) is 0.136. The maximum atomic E-state index is 12.4. The predicted molar refractivity (Wildman–Crippen MR) is 111 cm³/mol. The first-order chi connectivity index (χ1) is 13.0. The van der Waals surface area contributed by atoms with Crippen LogP contribution in [0, 0.1) is 13.8 Å². The third-order valence-corrected chi connectivity index (χ3v) is 5.07. The second-order valence-corrected chi connectivity index (χ2v) is 7.08. The molecule has 1 amide bonds. The smallest absolute Gasteiger partial charge is 0.230 e. The number of nitrogens with zero attached hydrogens (tertiary/aromatic N) is 2. The van der Waals surface area contributed by atoms with Gasteiger partial charge in [-0.05, 0) is 55.3 Å². The summed E-state index contributed by atoms with van der Waals surface area (Å²) in [6, 6.07) is 15.0. The molecule has 0 bridgehead atoms. The lowest BCUT2D eigenvalue weighted by Gasteiger charge is -2.17. The number of hydrogen-bond acceptors (Lipinski definition) is 4. The molecule has 2 aromatic carbocycles. The number of carbonyl (C=O) groups is 2. The Bertz CT molecular complexity index is 1010. The number of carbonyl (C=O) groups excluding carboxylic acids is 2. The molecule has 0 spiro atoms. The third kappa shape index (κ3) is 4.38. The Morgan fingerprint density at radius 3 is 2.44 bits per heavy atom. The lowest BCUT2D eigenvalue weighted by atomic mass is 10.0. The Balaban J connectivity index is 1.80. The normalized spacial score (nSPS) is 10.9. The van der Waals surface area contributed by atoms with Gasteiger partial charge in [-0.1, -0.05) is 30.3 Å². The lowest BCUT2D eigenvalue weighted by molar-refractivity contribution is -0.115. The zero-order chi connectivity index (χ0) is 19.4. The Hall–Kier alpha value is -3.05. The van der Waals surface area contributed by atoms with Gasteiger partial charge in [-0.25, -0.2) is 4.98 Å². The molecule has 0 saturated heterocycles. The van der Waals surface area contributed by atoms with Crippen molar-refractivity contribution in [3.05, 3.63) is 82.4 Å². The highest BCUT2D eigenvalue weighted by molar-refractivity contribution is 7.14. The second kappa shape index (κ2) is 8.10. The summed E-state index contributed by atoms with van der Waals surface area (Å²) in [5.41, 5.74) is 4.31. The molecule has 0 atom stereocenters. The average Bonchev–Trinajstić information content (AvgIpc) is 3.11. The molecule has 0 saturated carbocycles. The van der Waals surface area contributed by atoms with Crippen molar-refractivity contribution in [1.29, 1.82) is 0 Å². The first kappa shape index (κ1) is 18.7. The Morgan fingerprint density at radius 1 is 1.04 bits per heavy atom. The summed E-state index contributed by atoms with van der Waals surface area (Å²) >= 11 is 1.36. The van der Waals surface area contributed by atoms with E-state index >= 15 is 0 Å². The molecule has 0 aliphatic rings. The van der Waals surface area contributed by atoms with Crippen molar-refractivity contribution < 1.29 is 9.59 Å². The molecule has 1 aromatic heterocycles.